The lowest BCUT2D eigenvalue weighted by molar-refractivity contribution is -0.132. The molecule has 5 heteroatoms. The number of methoxy groups -OCH3 is 1. The Kier molecular flexibility index (Phi) is 6.69. The standard InChI is InChI=1S/C28H25NO4/c1-20(30)33-27-17-21(12-14-26(27)32-2)11-13-25(31)18-24-10-6-9-23-15-16-29(28(23)24)19-22-7-4-3-5-8-22/h3-17H,18-19H2,1-2H3/b13-11+. The van der Waals surface area contributed by atoms with Gasteiger partial charge in [-0.1, -0.05) is 60.7 Å². The number of carbonyl (C=O) groups is 2. The molecule has 0 bridgehead atoms. The van der Waals surface area contributed by atoms with Crippen molar-refractivity contribution in [3.05, 3.63) is 102 Å². The molecule has 0 amide bonds. The average Bonchev–Trinajstić information content (AvgIpc) is 3.22. The molecule has 166 valence electrons. The average molecular weight is 440 g/mol. The van der Waals surface area contributed by atoms with Gasteiger partial charge >= 0.3 is 5.97 Å². The molecule has 0 N–H and O–H groups in total. The van der Waals surface area contributed by atoms with E-state index in [2.05, 4.69) is 35.0 Å². The van der Waals surface area contributed by atoms with Crippen molar-refractivity contribution in [3.63, 3.8) is 0 Å². The van der Waals surface area contributed by atoms with Crippen molar-refractivity contribution in [3.8, 4) is 11.5 Å². The molecule has 33 heavy (non-hydrogen) atoms. The van der Waals surface area contributed by atoms with Gasteiger partial charge in [0.05, 0.1) is 12.6 Å². The number of ketones is 1. The zero-order chi connectivity index (χ0) is 23.2. The van der Waals surface area contributed by atoms with Gasteiger partial charge < -0.3 is 14.0 Å². The lowest BCUT2D eigenvalue weighted by Gasteiger charge is -2.10. The van der Waals surface area contributed by atoms with Gasteiger partial charge in [0.15, 0.2) is 17.3 Å². The highest BCUT2D eigenvalue weighted by atomic mass is 16.6. The normalized spacial score (nSPS) is 11.1. The van der Waals surface area contributed by atoms with E-state index in [0.29, 0.717) is 17.9 Å². The first-order valence-electron chi connectivity index (χ1n) is 10.7. The topological polar surface area (TPSA) is 57.5 Å². The molecule has 0 saturated carbocycles. The Labute approximate surface area is 192 Å². The van der Waals surface area contributed by atoms with Gasteiger partial charge in [0.2, 0.25) is 0 Å². The molecule has 0 fully saturated rings. The second kappa shape index (κ2) is 10.0. The fourth-order valence-electron chi connectivity index (χ4n) is 3.86. The number of para-hydroxylation sites is 1. The smallest absolute Gasteiger partial charge is 0.308 e. The minimum absolute atomic E-state index is 0.0141. The van der Waals surface area contributed by atoms with E-state index in [1.54, 1.807) is 30.4 Å². The van der Waals surface area contributed by atoms with E-state index in [1.807, 2.05) is 30.3 Å². The Hall–Kier alpha value is -4.12. The van der Waals surface area contributed by atoms with Crippen LogP contribution in [0.4, 0.5) is 0 Å². The summed E-state index contributed by atoms with van der Waals surface area (Å²) in [4.78, 5) is 24.1. The summed E-state index contributed by atoms with van der Waals surface area (Å²) >= 11 is 0. The van der Waals surface area contributed by atoms with Crippen molar-refractivity contribution < 1.29 is 19.1 Å². The van der Waals surface area contributed by atoms with Crippen LogP contribution in [0.15, 0.2) is 85.1 Å². The van der Waals surface area contributed by atoms with Crippen LogP contribution in [0.3, 0.4) is 0 Å². The molecule has 0 aliphatic carbocycles. The fraction of sp³-hybridized carbons (Fsp3) is 0.143. The predicted octanol–water partition coefficient (Wildman–Crippen LogP) is 5.45. The second-order valence-corrected chi connectivity index (χ2v) is 7.76. The third kappa shape index (κ3) is 5.39. The fourth-order valence-corrected chi connectivity index (χ4v) is 3.86. The number of nitrogens with zero attached hydrogens (tertiary/aromatic N) is 1. The van der Waals surface area contributed by atoms with E-state index in [-0.39, 0.29) is 5.78 Å². The summed E-state index contributed by atoms with van der Waals surface area (Å²) < 4.78 is 12.6. The van der Waals surface area contributed by atoms with Gasteiger partial charge in [-0.05, 0) is 46.4 Å². The second-order valence-electron chi connectivity index (χ2n) is 7.76. The van der Waals surface area contributed by atoms with Crippen LogP contribution in [0.2, 0.25) is 0 Å². The van der Waals surface area contributed by atoms with Crippen molar-refractivity contribution in [2.75, 3.05) is 7.11 Å². The van der Waals surface area contributed by atoms with Crippen LogP contribution in [-0.4, -0.2) is 23.4 Å². The summed E-state index contributed by atoms with van der Waals surface area (Å²) in [6.07, 6.45) is 5.63. The van der Waals surface area contributed by atoms with Gasteiger partial charge in [-0.25, -0.2) is 0 Å². The number of carbonyl (C=O) groups excluding carboxylic acids is 2. The van der Waals surface area contributed by atoms with Gasteiger partial charge in [-0.3, -0.25) is 9.59 Å². The Balaban J connectivity index is 1.54. The summed E-state index contributed by atoms with van der Waals surface area (Å²) in [5.41, 5.74) is 4.01. The van der Waals surface area contributed by atoms with Gasteiger partial charge in [0.1, 0.15) is 0 Å². The maximum absolute atomic E-state index is 12.8. The summed E-state index contributed by atoms with van der Waals surface area (Å²) in [5.74, 6) is 0.333. The molecule has 1 aromatic heterocycles. The van der Waals surface area contributed by atoms with E-state index in [4.69, 9.17) is 9.47 Å². The molecule has 0 saturated heterocycles. The number of ether oxygens (including phenoxy) is 2. The van der Waals surface area contributed by atoms with Crippen LogP contribution in [0.25, 0.3) is 17.0 Å². The molecular weight excluding hydrogens is 414 g/mol. The Morgan fingerprint density at radius 1 is 0.939 bits per heavy atom. The van der Waals surface area contributed by atoms with Crippen LogP contribution in [0.1, 0.15) is 23.6 Å². The molecule has 0 unspecified atom stereocenters. The summed E-state index contributed by atoms with van der Waals surface area (Å²) in [6.45, 7) is 2.08. The van der Waals surface area contributed by atoms with Crippen molar-refractivity contribution in [2.24, 2.45) is 0 Å². The number of fused-ring (bicyclic) bond motifs is 1. The zero-order valence-corrected chi connectivity index (χ0v) is 18.7. The molecular formula is C28H25NO4. The van der Waals surface area contributed by atoms with E-state index < -0.39 is 5.97 Å². The van der Waals surface area contributed by atoms with Gasteiger partial charge in [-0.2, -0.15) is 0 Å². The number of esters is 1. The number of allylic oxidation sites excluding steroid dienone is 1. The molecule has 0 aliphatic rings. The Bertz CT molecular complexity index is 1320. The first-order chi connectivity index (χ1) is 16.0. The number of aromatic nitrogens is 1. The molecule has 0 atom stereocenters. The Morgan fingerprint density at radius 2 is 1.76 bits per heavy atom. The minimum atomic E-state index is -0.433. The first kappa shape index (κ1) is 22.1. The highest BCUT2D eigenvalue weighted by molar-refractivity contribution is 5.97. The minimum Gasteiger partial charge on any atom is -0.493 e. The lowest BCUT2D eigenvalue weighted by Crippen LogP contribution is -2.04. The van der Waals surface area contributed by atoms with Crippen LogP contribution >= 0.6 is 0 Å². The molecule has 0 radical (unpaired) electrons. The molecule has 5 nitrogen and oxygen atoms in total. The summed E-state index contributed by atoms with van der Waals surface area (Å²) in [5, 5.41) is 1.11. The van der Waals surface area contributed by atoms with E-state index in [0.717, 1.165) is 28.6 Å². The quantitative estimate of drug-likeness (QED) is 0.208. The number of hydrogen-bond acceptors (Lipinski definition) is 4. The lowest BCUT2D eigenvalue weighted by atomic mass is 10.0. The Morgan fingerprint density at radius 3 is 2.52 bits per heavy atom. The van der Waals surface area contributed by atoms with Crippen molar-refractivity contribution in [1.29, 1.82) is 0 Å². The summed E-state index contributed by atoms with van der Waals surface area (Å²) in [7, 11) is 1.51. The molecule has 4 aromatic rings. The molecule has 4 rings (SSSR count). The van der Waals surface area contributed by atoms with Gasteiger partial charge in [0.25, 0.3) is 0 Å². The monoisotopic (exact) mass is 439 g/mol. The third-order valence-electron chi connectivity index (χ3n) is 5.34. The molecule has 3 aromatic carbocycles. The van der Waals surface area contributed by atoms with Crippen LogP contribution in [0, 0.1) is 0 Å². The first-order valence-corrected chi connectivity index (χ1v) is 10.7. The van der Waals surface area contributed by atoms with Crippen molar-refractivity contribution >= 4 is 28.7 Å². The highest BCUT2D eigenvalue weighted by Crippen LogP contribution is 2.29. The third-order valence-corrected chi connectivity index (χ3v) is 5.34. The molecule has 0 spiro atoms. The van der Waals surface area contributed by atoms with Gasteiger partial charge in [0, 0.05) is 26.1 Å². The SMILES string of the molecule is COc1ccc(/C=C/C(=O)Cc2cccc3ccn(Cc4ccccc4)c23)cc1OC(C)=O. The number of rotatable bonds is 8. The van der Waals surface area contributed by atoms with Crippen LogP contribution in [-0.2, 0) is 22.6 Å². The number of benzene rings is 3. The van der Waals surface area contributed by atoms with Crippen molar-refractivity contribution in [1.82, 2.24) is 4.57 Å². The molecule has 1 heterocycles. The van der Waals surface area contributed by atoms with Gasteiger partial charge in [-0.15, -0.1) is 0 Å². The maximum Gasteiger partial charge on any atom is 0.308 e. The number of hydrogen-bond donors (Lipinski definition) is 0. The molecule has 0 aliphatic heterocycles. The largest absolute Gasteiger partial charge is 0.493 e. The summed E-state index contributed by atoms with van der Waals surface area (Å²) in [6, 6.07) is 23.6. The van der Waals surface area contributed by atoms with Crippen LogP contribution in [0.5, 0.6) is 11.5 Å². The van der Waals surface area contributed by atoms with Crippen molar-refractivity contribution in [2.45, 2.75) is 19.9 Å². The predicted molar refractivity (Wildman–Crippen MR) is 130 cm³/mol. The van der Waals surface area contributed by atoms with Crippen LogP contribution < -0.4 is 9.47 Å². The maximum atomic E-state index is 12.8. The van der Waals surface area contributed by atoms with E-state index in [9.17, 15) is 9.59 Å². The van der Waals surface area contributed by atoms with E-state index >= 15 is 0 Å². The highest BCUT2D eigenvalue weighted by Gasteiger charge is 2.11. The van der Waals surface area contributed by atoms with E-state index in [1.165, 1.54) is 19.6 Å². The zero-order valence-electron chi connectivity index (χ0n) is 18.7.